The van der Waals surface area contributed by atoms with Crippen molar-refractivity contribution in [2.24, 2.45) is 11.3 Å². The monoisotopic (exact) mass is 613 g/mol. The Kier molecular flexibility index (Phi) is 8.86. The molecule has 0 unspecified atom stereocenters. The zero-order valence-corrected chi connectivity index (χ0v) is 26.6. The number of hydrogen-bond donors (Lipinski definition) is 0. The van der Waals surface area contributed by atoms with E-state index in [0.717, 1.165) is 18.4 Å². The summed E-state index contributed by atoms with van der Waals surface area (Å²) in [5, 5.41) is 0. The van der Waals surface area contributed by atoms with Gasteiger partial charge in [0.2, 0.25) is 5.91 Å². The van der Waals surface area contributed by atoms with Gasteiger partial charge in [-0.1, -0.05) is 63.2 Å². The van der Waals surface area contributed by atoms with Crippen molar-refractivity contribution in [3.05, 3.63) is 59.7 Å². The van der Waals surface area contributed by atoms with E-state index >= 15 is 0 Å². The number of piperidine rings is 1. The van der Waals surface area contributed by atoms with Crippen LogP contribution in [-0.4, -0.2) is 77.4 Å². The van der Waals surface area contributed by atoms with Gasteiger partial charge in [0.25, 0.3) is 0 Å². The molecule has 0 aliphatic carbocycles. The number of nitrogens with zero attached hydrogens (tertiary/aromatic N) is 3. The van der Waals surface area contributed by atoms with Crippen molar-refractivity contribution < 1.29 is 32.6 Å². The van der Waals surface area contributed by atoms with Crippen molar-refractivity contribution >= 4 is 12.0 Å². The molecule has 10 heteroatoms. The van der Waals surface area contributed by atoms with Crippen molar-refractivity contribution in [2.75, 3.05) is 32.7 Å². The number of rotatable bonds is 5. The summed E-state index contributed by atoms with van der Waals surface area (Å²) in [5.41, 5.74) is 0.778. The largest absolute Gasteiger partial charge is 0.586 e. The molecule has 2 saturated heterocycles. The molecule has 2 amide bonds. The van der Waals surface area contributed by atoms with Crippen LogP contribution in [0.25, 0.3) is 0 Å². The number of carbonyl (C=O) groups excluding carboxylic acids is 2. The molecular weight excluding hydrogens is 568 g/mol. The van der Waals surface area contributed by atoms with Crippen molar-refractivity contribution in [3.63, 3.8) is 0 Å². The first-order chi connectivity index (χ1) is 20.6. The molecule has 2 atom stereocenters. The van der Waals surface area contributed by atoms with Crippen LogP contribution in [-0.2, 0) is 9.53 Å². The summed E-state index contributed by atoms with van der Waals surface area (Å²) in [6.45, 7) is 14.8. The number of alkyl halides is 2. The predicted molar refractivity (Wildman–Crippen MR) is 163 cm³/mol. The molecular formula is C34H45F2N3O5. The first-order valence-corrected chi connectivity index (χ1v) is 15.6. The van der Waals surface area contributed by atoms with Crippen molar-refractivity contribution in [1.29, 1.82) is 0 Å². The van der Waals surface area contributed by atoms with E-state index in [9.17, 15) is 18.4 Å². The van der Waals surface area contributed by atoms with Gasteiger partial charge in [-0.3, -0.25) is 9.69 Å². The molecule has 2 fully saturated rings. The average Bonchev–Trinajstić information content (AvgIpc) is 3.27. The summed E-state index contributed by atoms with van der Waals surface area (Å²) in [6, 6.07) is 14.3. The second-order valence-electron chi connectivity index (χ2n) is 14.2. The minimum atomic E-state index is -3.72. The molecule has 44 heavy (non-hydrogen) atoms. The van der Waals surface area contributed by atoms with E-state index in [-0.39, 0.29) is 46.9 Å². The summed E-state index contributed by atoms with van der Waals surface area (Å²) in [4.78, 5) is 32.4. The molecule has 3 heterocycles. The summed E-state index contributed by atoms with van der Waals surface area (Å²) >= 11 is 0. The fourth-order valence-corrected chi connectivity index (χ4v) is 6.52. The molecule has 3 aliphatic rings. The Morgan fingerprint density at radius 3 is 2.25 bits per heavy atom. The van der Waals surface area contributed by atoms with Gasteiger partial charge in [-0.2, -0.15) is 0 Å². The maximum Gasteiger partial charge on any atom is 0.586 e. The van der Waals surface area contributed by atoms with Crippen molar-refractivity contribution in [2.45, 2.75) is 84.8 Å². The quantitative estimate of drug-likeness (QED) is 0.374. The Labute approximate surface area is 259 Å². The van der Waals surface area contributed by atoms with Gasteiger partial charge >= 0.3 is 12.4 Å². The lowest BCUT2D eigenvalue weighted by molar-refractivity contribution is -0.287. The first kappa shape index (κ1) is 32.0. The third-order valence-corrected chi connectivity index (χ3v) is 8.70. The Balaban J connectivity index is 1.32. The summed E-state index contributed by atoms with van der Waals surface area (Å²) in [7, 11) is 0. The Morgan fingerprint density at radius 2 is 1.61 bits per heavy atom. The minimum absolute atomic E-state index is 0.0207. The van der Waals surface area contributed by atoms with Gasteiger partial charge in [0.15, 0.2) is 11.5 Å². The van der Waals surface area contributed by atoms with E-state index < -0.39 is 11.9 Å². The lowest BCUT2D eigenvalue weighted by Gasteiger charge is -2.50. The standard InChI is InChI=1S/C34H45F2N3O5/c1-32(2,3)27-22-38(19-20-39(27)28(40)21-23-15-17-37(18-16-23)31(41)44-33(4,5)6)29(24-11-8-7-9-12-24)25-13-10-14-26-30(25)43-34(35,36)42-26/h7-14,23,27,29H,15-22H2,1-6H3/t27-,29-/m1/s1. The number of carbonyl (C=O) groups is 2. The number of fused-ring (bicyclic) bond motifs is 1. The van der Waals surface area contributed by atoms with Crippen LogP contribution in [0.1, 0.15) is 78.0 Å². The van der Waals surface area contributed by atoms with E-state index in [2.05, 4.69) is 25.7 Å². The van der Waals surface area contributed by atoms with Crippen LogP contribution in [0, 0.1) is 11.3 Å². The zero-order chi connectivity index (χ0) is 31.9. The molecule has 0 spiro atoms. The summed E-state index contributed by atoms with van der Waals surface area (Å²) < 4.78 is 43.7. The van der Waals surface area contributed by atoms with Gasteiger partial charge in [-0.05, 0) is 56.6 Å². The molecule has 5 rings (SSSR count). The number of para-hydroxylation sites is 1. The fraction of sp³-hybridized carbons (Fsp3) is 0.588. The maximum atomic E-state index is 14.2. The Hall–Kier alpha value is -3.40. The van der Waals surface area contributed by atoms with Gasteiger partial charge in [0.05, 0.1) is 6.04 Å². The van der Waals surface area contributed by atoms with E-state index in [0.29, 0.717) is 44.7 Å². The highest BCUT2D eigenvalue weighted by atomic mass is 19.3. The van der Waals surface area contributed by atoms with Crippen molar-refractivity contribution in [1.82, 2.24) is 14.7 Å². The van der Waals surface area contributed by atoms with Gasteiger partial charge in [0.1, 0.15) is 5.60 Å². The molecule has 0 bridgehead atoms. The molecule has 8 nitrogen and oxygen atoms in total. The lowest BCUT2D eigenvalue weighted by atomic mass is 9.82. The van der Waals surface area contributed by atoms with Gasteiger partial charge < -0.3 is 24.0 Å². The highest BCUT2D eigenvalue weighted by molar-refractivity contribution is 5.77. The number of ether oxygens (including phenoxy) is 3. The minimum Gasteiger partial charge on any atom is -0.444 e. The number of hydrogen-bond acceptors (Lipinski definition) is 6. The van der Waals surface area contributed by atoms with Gasteiger partial charge in [-0.15, -0.1) is 8.78 Å². The van der Waals surface area contributed by atoms with E-state index in [1.165, 1.54) is 6.07 Å². The molecule has 0 radical (unpaired) electrons. The fourth-order valence-electron chi connectivity index (χ4n) is 6.52. The van der Waals surface area contributed by atoms with Crippen LogP contribution >= 0.6 is 0 Å². The number of piperazine rings is 1. The Bertz CT molecular complexity index is 1330. The molecule has 2 aromatic rings. The Morgan fingerprint density at radius 1 is 0.932 bits per heavy atom. The molecule has 240 valence electrons. The SMILES string of the molecule is CC(C)(C)OC(=O)N1CCC(CC(=O)N2CCN([C@H](c3ccccc3)c3cccc4c3OC(F)(F)O4)C[C@@H]2C(C)(C)C)CC1. The zero-order valence-electron chi connectivity index (χ0n) is 26.6. The average molecular weight is 614 g/mol. The van der Waals surface area contributed by atoms with Gasteiger partial charge in [-0.25, -0.2) is 4.79 Å². The first-order valence-electron chi connectivity index (χ1n) is 15.6. The van der Waals surface area contributed by atoms with Crippen LogP contribution in [0.2, 0.25) is 0 Å². The topological polar surface area (TPSA) is 71.6 Å². The highest BCUT2D eigenvalue weighted by Crippen LogP contribution is 2.48. The normalized spacial score (nSPS) is 21.7. The third-order valence-electron chi connectivity index (χ3n) is 8.70. The van der Waals surface area contributed by atoms with Crippen LogP contribution in [0.4, 0.5) is 13.6 Å². The molecule has 2 aromatic carbocycles. The van der Waals surface area contributed by atoms with E-state index in [1.54, 1.807) is 11.0 Å². The van der Waals surface area contributed by atoms with Crippen LogP contribution in [0.5, 0.6) is 11.5 Å². The molecule has 3 aliphatic heterocycles. The molecule has 0 saturated carbocycles. The maximum absolute atomic E-state index is 14.2. The number of benzene rings is 2. The summed E-state index contributed by atoms with van der Waals surface area (Å²) in [5.74, 6) is 0.387. The van der Waals surface area contributed by atoms with Crippen LogP contribution < -0.4 is 9.47 Å². The van der Waals surface area contributed by atoms with Crippen LogP contribution in [0.15, 0.2) is 48.5 Å². The lowest BCUT2D eigenvalue weighted by Crippen LogP contribution is -2.60. The third kappa shape index (κ3) is 7.28. The van der Waals surface area contributed by atoms with Crippen LogP contribution in [0.3, 0.4) is 0 Å². The van der Waals surface area contributed by atoms with Gasteiger partial charge in [0, 0.05) is 50.7 Å². The molecule has 0 N–H and O–H groups in total. The smallest absolute Gasteiger partial charge is 0.444 e. The second-order valence-corrected chi connectivity index (χ2v) is 14.2. The highest BCUT2D eigenvalue weighted by Gasteiger charge is 2.47. The number of halogens is 2. The van der Waals surface area contributed by atoms with E-state index in [1.807, 2.05) is 62.1 Å². The number of likely N-dealkylation sites (tertiary alicyclic amines) is 1. The summed E-state index contributed by atoms with van der Waals surface area (Å²) in [6.07, 6.45) is -2.07. The van der Waals surface area contributed by atoms with Crippen molar-refractivity contribution in [3.8, 4) is 11.5 Å². The predicted octanol–water partition coefficient (Wildman–Crippen LogP) is 6.69. The second kappa shape index (κ2) is 12.2. The number of amides is 2. The molecule has 0 aromatic heterocycles. The van der Waals surface area contributed by atoms with E-state index in [4.69, 9.17) is 14.2 Å².